The second kappa shape index (κ2) is 4.14. The molecule has 0 radical (unpaired) electrons. The van der Waals surface area contributed by atoms with Crippen molar-refractivity contribution < 1.29 is 9.53 Å². The molecule has 0 amide bonds. The van der Waals surface area contributed by atoms with Gasteiger partial charge in [-0.05, 0) is 39.3 Å². The third kappa shape index (κ3) is 1.75. The topological polar surface area (TPSA) is 26.3 Å². The van der Waals surface area contributed by atoms with Crippen LogP contribution in [0.25, 0.3) is 0 Å². The maximum atomic E-state index is 13.0. The van der Waals surface area contributed by atoms with Crippen molar-refractivity contribution in [1.29, 1.82) is 0 Å². The van der Waals surface area contributed by atoms with Crippen LogP contribution in [-0.4, -0.2) is 21.9 Å². The first-order chi connectivity index (χ1) is 8.96. The van der Waals surface area contributed by atoms with E-state index in [1.54, 1.807) is 11.8 Å². The predicted octanol–water partition coefficient (Wildman–Crippen LogP) is 3.86. The van der Waals surface area contributed by atoms with Gasteiger partial charge in [0.1, 0.15) is 16.1 Å². The van der Waals surface area contributed by atoms with Crippen molar-refractivity contribution in [2.75, 3.05) is 5.75 Å². The molecule has 0 N–H and O–H groups in total. The third-order valence-electron chi connectivity index (χ3n) is 4.12. The van der Waals surface area contributed by atoms with Crippen molar-refractivity contribution in [2.45, 2.75) is 37.5 Å². The Morgan fingerprint density at radius 2 is 2.00 bits per heavy atom. The number of Topliss-reactive ketones (excluding diaryl/α,β-unsaturated/α-hetero) is 1. The van der Waals surface area contributed by atoms with Gasteiger partial charge in [-0.25, -0.2) is 0 Å². The molecule has 1 unspecified atom stereocenters. The Hall–Kier alpha value is -1.22. The molecular weight excluding hydrogens is 256 g/mol. The molecule has 1 aromatic carbocycles. The van der Waals surface area contributed by atoms with Gasteiger partial charge in [-0.15, -0.1) is 11.8 Å². The smallest absolute Gasteiger partial charge is 0.186 e. The normalized spacial score (nSPS) is 28.6. The van der Waals surface area contributed by atoms with E-state index < -0.39 is 10.3 Å². The Labute approximate surface area is 118 Å². The zero-order chi connectivity index (χ0) is 13.7. The number of para-hydroxylation sites is 1. The molecule has 0 aromatic heterocycles. The lowest BCUT2D eigenvalue weighted by Crippen LogP contribution is -2.60. The van der Waals surface area contributed by atoms with Gasteiger partial charge in [0.15, 0.2) is 5.78 Å². The monoisotopic (exact) mass is 274 g/mol. The molecule has 2 aliphatic heterocycles. The summed E-state index contributed by atoms with van der Waals surface area (Å²) in [5, 5.41) is 0. The van der Waals surface area contributed by atoms with Gasteiger partial charge in [0.2, 0.25) is 0 Å². The largest absolute Gasteiger partial charge is 0.485 e. The highest BCUT2D eigenvalue weighted by atomic mass is 32.2. The highest BCUT2D eigenvalue weighted by Gasteiger charge is 2.57. The Morgan fingerprint density at radius 1 is 1.26 bits per heavy atom. The summed E-state index contributed by atoms with van der Waals surface area (Å²) in [6, 6.07) is 7.58. The maximum absolute atomic E-state index is 13.0. The standard InChI is InChI=1S/C16H18O2S/c1-11-8-9-16(19-10-11)14(17)12-6-4-5-7-13(12)18-15(16,2)3/h4-8H,9-10H2,1-3H3. The average molecular weight is 274 g/mol. The lowest BCUT2D eigenvalue weighted by molar-refractivity contribution is 0.0396. The second-order valence-corrected chi connectivity index (χ2v) is 7.08. The molecule has 0 saturated heterocycles. The van der Waals surface area contributed by atoms with E-state index in [0.29, 0.717) is 0 Å². The van der Waals surface area contributed by atoms with Gasteiger partial charge in [-0.2, -0.15) is 0 Å². The molecule has 19 heavy (non-hydrogen) atoms. The average Bonchev–Trinajstić information content (AvgIpc) is 2.38. The number of ether oxygens (including phenoxy) is 1. The van der Waals surface area contributed by atoms with Gasteiger partial charge < -0.3 is 4.74 Å². The fourth-order valence-electron chi connectivity index (χ4n) is 2.84. The number of benzene rings is 1. The maximum Gasteiger partial charge on any atom is 0.186 e. The van der Waals surface area contributed by atoms with Crippen LogP contribution in [0.5, 0.6) is 5.75 Å². The number of hydrogen-bond acceptors (Lipinski definition) is 3. The van der Waals surface area contributed by atoms with Gasteiger partial charge >= 0.3 is 0 Å². The molecule has 0 fully saturated rings. The molecule has 2 nitrogen and oxygen atoms in total. The van der Waals surface area contributed by atoms with Crippen LogP contribution >= 0.6 is 11.8 Å². The predicted molar refractivity (Wildman–Crippen MR) is 79.0 cm³/mol. The molecular formula is C16H18O2S. The van der Waals surface area contributed by atoms with E-state index in [1.165, 1.54) is 5.57 Å². The van der Waals surface area contributed by atoms with Crippen LogP contribution in [0.4, 0.5) is 0 Å². The molecule has 3 heteroatoms. The zero-order valence-electron chi connectivity index (χ0n) is 11.5. The first kappa shape index (κ1) is 12.8. The summed E-state index contributed by atoms with van der Waals surface area (Å²) in [4.78, 5) is 13.0. The highest BCUT2D eigenvalue weighted by molar-refractivity contribution is 8.01. The van der Waals surface area contributed by atoms with Gasteiger partial charge in [-0.3, -0.25) is 4.79 Å². The van der Waals surface area contributed by atoms with E-state index in [9.17, 15) is 4.79 Å². The van der Waals surface area contributed by atoms with Crippen LogP contribution < -0.4 is 4.74 Å². The van der Waals surface area contributed by atoms with Crippen molar-refractivity contribution in [1.82, 2.24) is 0 Å². The molecule has 2 heterocycles. The van der Waals surface area contributed by atoms with Gasteiger partial charge in [0.05, 0.1) is 5.56 Å². The molecule has 100 valence electrons. The van der Waals surface area contributed by atoms with Gasteiger partial charge in [0.25, 0.3) is 0 Å². The number of carbonyl (C=O) groups excluding carboxylic acids is 1. The summed E-state index contributed by atoms with van der Waals surface area (Å²) < 4.78 is 5.66. The molecule has 0 bridgehead atoms. The molecule has 3 rings (SSSR count). The molecule has 1 atom stereocenters. The van der Waals surface area contributed by atoms with Gasteiger partial charge in [0, 0.05) is 5.75 Å². The summed E-state index contributed by atoms with van der Waals surface area (Å²) in [6.07, 6.45) is 2.94. The van der Waals surface area contributed by atoms with Crippen LogP contribution in [-0.2, 0) is 0 Å². The summed E-state index contributed by atoms with van der Waals surface area (Å²) in [7, 11) is 0. The lowest BCUT2D eigenvalue weighted by Gasteiger charge is -2.49. The Kier molecular flexibility index (Phi) is 2.79. The van der Waals surface area contributed by atoms with Crippen LogP contribution in [0, 0.1) is 0 Å². The van der Waals surface area contributed by atoms with Crippen LogP contribution in [0.15, 0.2) is 35.9 Å². The summed E-state index contributed by atoms with van der Waals surface area (Å²) in [5.41, 5.74) is 1.58. The first-order valence-electron chi connectivity index (χ1n) is 6.59. The molecule has 1 aromatic rings. The minimum Gasteiger partial charge on any atom is -0.485 e. The first-order valence-corrected chi connectivity index (χ1v) is 7.57. The molecule has 1 spiro atoms. The SMILES string of the molecule is CC1=CCC2(SC1)C(=O)c1ccccc1OC2(C)C. The number of fused-ring (bicyclic) bond motifs is 1. The number of hydrogen-bond donors (Lipinski definition) is 0. The van der Waals surface area contributed by atoms with E-state index in [-0.39, 0.29) is 5.78 Å². The van der Waals surface area contributed by atoms with Crippen molar-refractivity contribution in [3.05, 3.63) is 41.5 Å². The summed E-state index contributed by atoms with van der Waals surface area (Å²) >= 11 is 1.73. The number of rotatable bonds is 0. The minimum atomic E-state index is -0.486. The van der Waals surface area contributed by atoms with E-state index in [0.717, 1.165) is 23.5 Å². The second-order valence-electron chi connectivity index (χ2n) is 5.81. The Balaban J connectivity index is 2.13. The van der Waals surface area contributed by atoms with Crippen molar-refractivity contribution in [3.63, 3.8) is 0 Å². The van der Waals surface area contributed by atoms with Crippen molar-refractivity contribution in [2.24, 2.45) is 0 Å². The third-order valence-corrected chi connectivity index (χ3v) is 6.06. The molecule has 0 aliphatic carbocycles. The van der Waals surface area contributed by atoms with Crippen LogP contribution in [0.1, 0.15) is 37.6 Å². The summed E-state index contributed by atoms with van der Waals surface area (Å²) in [5.74, 6) is 1.84. The number of carbonyl (C=O) groups is 1. The fourth-order valence-corrected chi connectivity index (χ4v) is 4.27. The number of ketones is 1. The van der Waals surface area contributed by atoms with E-state index in [2.05, 4.69) is 13.0 Å². The van der Waals surface area contributed by atoms with Crippen molar-refractivity contribution >= 4 is 17.5 Å². The van der Waals surface area contributed by atoms with Crippen LogP contribution in [0.2, 0.25) is 0 Å². The van der Waals surface area contributed by atoms with Gasteiger partial charge in [-0.1, -0.05) is 23.8 Å². The fraction of sp³-hybridized carbons (Fsp3) is 0.438. The summed E-state index contributed by atoms with van der Waals surface area (Å²) in [6.45, 7) is 6.18. The van der Waals surface area contributed by atoms with Crippen LogP contribution in [0.3, 0.4) is 0 Å². The number of thioether (sulfide) groups is 1. The minimum absolute atomic E-state index is 0.216. The molecule has 0 saturated carbocycles. The highest BCUT2D eigenvalue weighted by Crippen LogP contribution is 2.51. The van der Waals surface area contributed by atoms with Crippen molar-refractivity contribution in [3.8, 4) is 5.75 Å². The van der Waals surface area contributed by atoms with E-state index in [1.807, 2.05) is 38.1 Å². The van der Waals surface area contributed by atoms with E-state index in [4.69, 9.17) is 4.74 Å². The Bertz CT molecular complexity index is 574. The van der Waals surface area contributed by atoms with E-state index >= 15 is 0 Å². The lowest BCUT2D eigenvalue weighted by atomic mass is 9.77. The Morgan fingerprint density at radius 3 is 2.68 bits per heavy atom. The quantitative estimate of drug-likeness (QED) is 0.672. The zero-order valence-corrected chi connectivity index (χ0v) is 12.3. The molecule has 2 aliphatic rings. The number of allylic oxidation sites excluding steroid dienone is 1.